The van der Waals surface area contributed by atoms with Crippen molar-refractivity contribution in [2.75, 3.05) is 55.0 Å². The van der Waals surface area contributed by atoms with Crippen molar-refractivity contribution in [3.05, 3.63) is 30.0 Å². The molecule has 0 radical (unpaired) electrons. The van der Waals surface area contributed by atoms with Gasteiger partial charge in [0.1, 0.15) is 5.69 Å². The van der Waals surface area contributed by atoms with Crippen molar-refractivity contribution in [3.63, 3.8) is 0 Å². The number of aromatic nitrogens is 2. The molecule has 1 aliphatic rings. The van der Waals surface area contributed by atoms with Gasteiger partial charge in [0, 0.05) is 39.4 Å². The van der Waals surface area contributed by atoms with Crippen LogP contribution in [0.1, 0.15) is 5.69 Å². The number of piperazine rings is 1. The summed E-state index contributed by atoms with van der Waals surface area (Å²) in [5.41, 5.74) is 14.3. The predicted octanol–water partition coefficient (Wildman–Crippen LogP) is 1.29. The maximum atomic E-state index is 12.2. The summed E-state index contributed by atoms with van der Waals surface area (Å²) in [5, 5.41) is 0. The number of aryl methyl sites for hydroxylation is 1. The molecule has 1 saturated heterocycles. The Kier molecular flexibility index (Phi) is 5.87. The van der Waals surface area contributed by atoms with Crippen LogP contribution in [0.3, 0.4) is 0 Å². The van der Waals surface area contributed by atoms with Crippen LogP contribution in [0.2, 0.25) is 0 Å². The second-order valence-electron chi connectivity index (χ2n) is 6.76. The summed E-state index contributed by atoms with van der Waals surface area (Å²) in [6, 6.07) is 7.00. The third kappa shape index (κ3) is 3.96. The molecule has 0 aliphatic carbocycles. The number of nitrogens with zero attached hydrogens (tertiary/aromatic N) is 5. The van der Waals surface area contributed by atoms with Gasteiger partial charge in [0.2, 0.25) is 16.0 Å². The van der Waals surface area contributed by atoms with E-state index in [2.05, 4.69) is 42.4 Å². The SMILES string of the molecule is Cc1nc(N)nc(N)c1N1CCN(c2ccc(S(=O)(=O)N(C)C)cc2)C(I)C1. The summed E-state index contributed by atoms with van der Waals surface area (Å²) in [7, 11) is -0.378. The number of hydrogen-bond donors (Lipinski definition) is 2. The fraction of sp³-hybridized carbons (Fsp3) is 0.412. The van der Waals surface area contributed by atoms with Crippen LogP contribution < -0.4 is 21.3 Å². The van der Waals surface area contributed by atoms with E-state index in [0.29, 0.717) is 5.82 Å². The van der Waals surface area contributed by atoms with Crippen molar-refractivity contribution >= 4 is 55.8 Å². The molecule has 0 spiro atoms. The third-order valence-corrected chi connectivity index (χ3v) is 7.58. The van der Waals surface area contributed by atoms with E-state index in [-0.39, 0.29) is 14.9 Å². The van der Waals surface area contributed by atoms with Crippen LogP contribution >= 0.6 is 22.6 Å². The summed E-state index contributed by atoms with van der Waals surface area (Å²) >= 11 is 2.38. The van der Waals surface area contributed by atoms with Crippen LogP contribution in [-0.4, -0.2) is 60.5 Å². The van der Waals surface area contributed by atoms with E-state index >= 15 is 0 Å². The largest absolute Gasteiger partial charge is 0.382 e. The summed E-state index contributed by atoms with van der Waals surface area (Å²) in [5.74, 6) is 0.566. The minimum absolute atomic E-state index is 0.166. The Labute approximate surface area is 178 Å². The number of sulfonamides is 1. The van der Waals surface area contributed by atoms with Gasteiger partial charge in [-0.3, -0.25) is 0 Å². The van der Waals surface area contributed by atoms with E-state index in [1.807, 2.05) is 19.1 Å². The predicted molar refractivity (Wildman–Crippen MR) is 120 cm³/mol. The molecule has 1 aromatic carbocycles. The van der Waals surface area contributed by atoms with Gasteiger partial charge in [-0.05, 0) is 31.2 Å². The fourth-order valence-corrected chi connectivity index (χ4v) is 5.23. The molecule has 28 heavy (non-hydrogen) atoms. The van der Waals surface area contributed by atoms with Crippen molar-refractivity contribution < 1.29 is 8.42 Å². The van der Waals surface area contributed by atoms with Crippen molar-refractivity contribution in [3.8, 4) is 0 Å². The van der Waals surface area contributed by atoms with Crippen molar-refractivity contribution in [2.24, 2.45) is 0 Å². The van der Waals surface area contributed by atoms with Gasteiger partial charge in [-0.15, -0.1) is 0 Å². The van der Waals surface area contributed by atoms with Crippen LogP contribution in [0.15, 0.2) is 29.2 Å². The Balaban J connectivity index is 1.78. The van der Waals surface area contributed by atoms with Crippen molar-refractivity contribution in [2.45, 2.75) is 15.9 Å². The van der Waals surface area contributed by atoms with Crippen molar-refractivity contribution in [1.82, 2.24) is 14.3 Å². The number of hydrogen-bond acceptors (Lipinski definition) is 8. The number of nitrogen functional groups attached to an aromatic ring is 2. The minimum Gasteiger partial charge on any atom is -0.382 e. The Morgan fingerprint density at radius 1 is 1.14 bits per heavy atom. The first kappa shape index (κ1) is 20.9. The average molecular weight is 517 g/mol. The fourth-order valence-electron chi connectivity index (χ4n) is 3.26. The second-order valence-corrected chi connectivity index (χ2v) is 10.3. The molecule has 11 heteroatoms. The number of anilines is 4. The molecule has 2 heterocycles. The van der Waals surface area contributed by atoms with E-state index < -0.39 is 10.0 Å². The lowest BCUT2D eigenvalue weighted by atomic mass is 10.2. The van der Waals surface area contributed by atoms with Gasteiger partial charge in [-0.2, -0.15) is 4.98 Å². The third-order valence-electron chi connectivity index (χ3n) is 4.69. The Hall–Kier alpha value is -1.86. The van der Waals surface area contributed by atoms with E-state index in [1.54, 1.807) is 12.1 Å². The van der Waals surface area contributed by atoms with E-state index in [9.17, 15) is 8.42 Å². The molecule has 1 aromatic heterocycles. The molecule has 0 saturated carbocycles. The zero-order chi connectivity index (χ0) is 20.6. The van der Waals surface area contributed by atoms with Crippen LogP contribution in [0, 0.1) is 6.92 Å². The standard InChI is InChI=1S/C17H24IN7O2S/c1-11-15(16(19)22-17(20)21-11)24-8-9-25(14(18)10-24)12-4-6-13(7-5-12)28(26,27)23(2)3/h4-7,14H,8-10H2,1-3H3,(H4,19,20,21,22). The molecule has 1 aliphatic heterocycles. The summed E-state index contributed by atoms with van der Waals surface area (Å²) < 4.78 is 25.9. The first-order valence-corrected chi connectivity index (χ1v) is 11.4. The zero-order valence-corrected chi connectivity index (χ0v) is 19.0. The number of benzene rings is 1. The van der Waals surface area contributed by atoms with E-state index in [0.717, 1.165) is 36.7 Å². The Morgan fingerprint density at radius 2 is 1.79 bits per heavy atom. The molecule has 152 valence electrons. The molecule has 3 rings (SSSR count). The first-order chi connectivity index (χ1) is 13.1. The van der Waals surface area contributed by atoms with E-state index in [1.165, 1.54) is 18.4 Å². The maximum Gasteiger partial charge on any atom is 0.242 e. The molecule has 2 aromatic rings. The second kappa shape index (κ2) is 7.87. The van der Waals surface area contributed by atoms with Gasteiger partial charge in [0.25, 0.3) is 0 Å². The maximum absolute atomic E-state index is 12.2. The van der Waals surface area contributed by atoms with Gasteiger partial charge < -0.3 is 21.3 Å². The van der Waals surface area contributed by atoms with Crippen LogP contribution in [0.25, 0.3) is 0 Å². The zero-order valence-electron chi connectivity index (χ0n) is 16.0. The normalized spacial score (nSPS) is 18.0. The highest BCUT2D eigenvalue weighted by atomic mass is 127. The van der Waals surface area contributed by atoms with Gasteiger partial charge in [0.15, 0.2) is 5.82 Å². The monoisotopic (exact) mass is 517 g/mol. The molecular weight excluding hydrogens is 493 g/mol. The van der Waals surface area contributed by atoms with Gasteiger partial charge in [0.05, 0.1) is 14.6 Å². The molecule has 9 nitrogen and oxygen atoms in total. The van der Waals surface area contributed by atoms with Crippen molar-refractivity contribution in [1.29, 1.82) is 0 Å². The molecule has 0 bridgehead atoms. The van der Waals surface area contributed by atoms with Crippen LogP contribution in [0.5, 0.6) is 0 Å². The van der Waals surface area contributed by atoms with E-state index in [4.69, 9.17) is 11.5 Å². The number of rotatable bonds is 4. The Morgan fingerprint density at radius 3 is 2.32 bits per heavy atom. The highest BCUT2D eigenvalue weighted by Gasteiger charge is 2.28. The molecule has 0 amide bonds. The van der Waals surface area contributed by atoms with Gasteiger partial charge >= 0.3 is 0 Å². The molecule has 4 N–H and O–H groups in total. The lowest BCUT2D eigenvalue weighted by Gasteiger charge is -2.41. The quantitative estimate of drug-likeness (QED) is 0.354. The average Bonchev–Trinajstić information content (AvgIpc) is 2.61. The minimum atomic E-state index is -3.43. The lowest BCUT2D eigenvalue weighted by molar-refractivity contribution is 0.520. The summed E-state index contributed by atoms with van der Waals surface area (Å²) in [6.45, 7) is 4.12. The molecule has 1 atom stereocenters. The molecule has 1 fully saturated rings. The lowest BCUT2D eigenvalue weighted by Crippen LogP contribution is -2.51. The summed E-state index contributed by atoms with van der Waals surface area (Å²) in [6.07, 6.45) is 0. The van der Waals surface area contributed by atoms with Crippen LogP contribution in [0.4, 0.5) is 23.1 Å². The molecule has 1 unspecified atom stereocenters. The number of halogens is 1. The number of alkyl halides is 1. The Bertz CT molecular complexity index is 943. The summed E-state index contributed by atoms with van der Waals surface area (Å²) in [4.78, 5) is 13.0. The van der Waals surface area contributed by atoms with Gasteiger partial charge in [-0.1, -0.05) is 22.6 Å². The number of nitrogens with two attached hydrogens (primary N) is 2. The highest BCUT2D eigenvalue weighted by Crippen LogP contribution is 2.31. The first-order valence-electron chi connectivity index (χ1n) is 8.69. The molecular formula is C17H24IN7O2S. The van der Waals surface area contributed by atoms with Gasteiger partial charge in [-0.25, -0.2) is 17.7 Å². The highest BCUT2D eigenvalue weighted by molar-refractivity contribution is 14.1. The topological polar surface area (TPSA) is 122 Å². The van der Waals surface area contributed by atoms with Crippen LogP contribution in [-0.2, 0) is 10.0 Å². The smallest absolute Gasteiger partial charge is 0.242 e.